The zero-order valence-electron chi connectivity index (χ0n) is 8.38. The van der Waals surface area contributed by atoms with Crippen molar-refractivity contribution in [3.63, 3.8) is 0 Å². The zero-order valence-corrected chi connectivity index (χ0v) is 8.38. The second-order valence-corrected chi connectivity index (χ2v) is 3.09. The average molecular weight is 184 g/mol. The number of rotatable bonds is 7. The summed E-state index contributed by atoms with van der Waals surface area (Å²) in [5, 5.41) is 2.83. The molecule has 0 aromatic heterocycles. The molecule has 0 rings (SSSR count). The van der Waals surface area contributed by atoms with Gasteiger partial charge in [0, 0.05) is 13.1 Å². The SMILES string of the molecule is C=CCCNC(=O)C(CN)CCC. The Kier molecular flexibility index (Phi) is 7.30. The first-order valence-corrected chi connectivity index (χ1v) is 4.84. The van der Waals surface area contributed by atoms with Gasteiger partial charge in [0.2, 0.25) is 5.91 Å². The highest BCUT2D eigenvalue weighted by Crippen LogP contribution is 2.03. The molecule has 0 radical (unpaired) electrons. The highest BCUT2D eigenvalue weighted by Gasteiger charge is 2.14. The Hall–Kier alpha value is -0.830. The van der Waals surface area contributed by atoms with Gasteiger partial charge in [0.15, 0.2) is 0 Å². The predicted octanol–water partition coefficient (Wildman–Crippen LogP) is 1.05. The molecule has 0 saturated carbocycles. The predicted molar refractivity (Wildman–Crippen MR) is 55.3 cm³/mol. The molecule has 76 valence electrons. The first-order chi connectivity index (χ1) is 6.26. The highest BCUT2D eigenvalue weighted by molar-refractivity contribution is 5.78. The van der Waals surface area contributed by atoms with Crippen LogP contribution in [-0.4, -0.2) is 19.0 Å². The first-order valence-electron chi connectivity index (χ1n) is 4.84. The van der Waals surface area contributed by atoms with Crippen LogP contribution in [0.15, 0.2) is 12.7 Å². The maximum Gasteiger partial charge on any atom is 0.224 e. The van der Waals surface area contributed by atoms with Crippen LogP contribution < -0.4 is 11.1 Å². The fraction of sp³-hybridized carbons (Fsp3) is 0.700. The molecule has 0 aromatic carbocycles. The van der Waals surface area contributed by atoms with Crippen LogP contribution in [0, 0.1) is 5.92 Å². The normalized spacial score (nSPS) is 12.2. The summed E-state index contributed by atoms with van der Waals surface area (Å²) in [6.07, 6.45) is 4.47. The van der Waals surface area contributed by atoms with Crippen molar-refractivity contribution in [3.05, 3.63) is 12.7 Å². The van der Waals surface area contributed by atoms with Crippen molar-refractivity contribution >= 4 is 5.91 Å². The molecule has 0 heterocycles. The summed E-state index contributed by atoms with van der Waals surface area (Å²) in [7, 11) is 0. The minimum atomic E-state index is -0.0187. The average Bonchev–Trinajstić information content (AvgIpc) is 2.14. The Labute approximate surface area is 80.4 Å². The topological polar surface area (TPSA) is 55.1 Å². The molecule has 0 saturated heterocycles. The van der Waals surface area contributed by atoms with E-state index in [4.69, 9.17) is 5.73 Å². The van der Waals surface area contributed by atoms with Crippen molar-refractivity contribution in [1.82, 2.24) is 5.32 Å². The Morgan fingerprint density at radius 3 is 2.85 bits per heavy atom. The molecule has 3 nitrogen and oxygen atoms in total. The molecular formula is C10H20N2O. The van der Waals surface area contributed by atoms with E-state index in [0.717, 1.165) is 19.3 Å². The quantitative estimate of drug-likeness (QED) is 0.459. The van der Waals surface area contributed by atoms with Gasteiger partial charge in [-0.3, -0.25) is 4.79 Å². The molecule has 0 bridgehead atoms. The van der Waals surface area contributed by atoms with Crippen LogP contribution >= 0.6 is 0 Å². The second kappa shape index (κ2) is 7.80. The van der Waals surface area contributed by atoms with Crippen LogP contribution in [0.2, 0.25) is 0 Å². The van der Waals surface area contributed by atoms with Crippen molar-refractivity contribution in [3.8, 4) is 0 Å². The number of carbonyl (C=O) groups excluding carboxylic acids is 1. The van der Waals surface area contributed by atoms with E-state index in [-0.39, 0.29) is 11.8 Å². The maximum atomic E-state index is 11.4. The van der Waals surface area contributed by atoms with E-state index in [2.05, 4.69) is 18.8 Å². The lowest BCUT2D eigenvalue weighted by atomic mass is 10.0. The van der Waals surface area contributed by atoms with Gasteiger partial charge in [0.05, 0.1) is 5.92 Å². The van der Waals surface area contributed by atoms with Crippen molar-refractivity contribution in [2.24, 2.45) is 11.7 Å². The summed E-state index contributed by atoms with van der Waals surface area (Å²) in [6, 6.07) is 0. The Balaban J connectivity index is 3.70. The van der Waals surface area contributed by atoms with Crippen LogP contribution in [0.1, 0.15) is 26.2 Å². The lowest BCUT2D eigenvalue weighted by Gasteiger charge is -2.12. The fourth-order valence-electron chi connectivity index (χ4n) is 1.15. The number of carbonyl (C=O) groups is 1. The summed E-state index contributed by atoms with van der Waals surface area (Å²) in [6.45, 7) is 6.75. The van der Waals surface area contributed by atoms with E-state index in [9.17, 15) is 4.79 Å². The van der Waals surface area contributed by atoms with E-state index >= 15 is 0 Å². The Morgan fingerprint density at radius 2 is 2.38 bits per heavy atom. The third-order valence-electron chi connectivity index (χ3n) is 1.94. The minimum absolute atomic E-state index is 0.0187. The van der Waals surface area contributed by atoms with Crippen molar-refractivity contribution < 1.29 is 4.79 Å². The van der Waals surface area contributed by atoms with E-state index in [1.165, 1.54) is 0 Å². The number of hydrogen-bond acceptors (Lipinski definition) is 2. The number of amides is 1. The lowest BCUT2D eigenvalue weighted by molar-refractivity contribution is -0.124. The third-order valence-corrected chi connectivity index (χ3v) is 1.94. The van der Waals surface area contributed by atoms with Crippen LogP contribution in [0.3, 0.4) is 0 Å². The van der Waals surface area contributed by atoms with Gasteiger partial charge in [0.25, 0.3) is 0 Å². The van der Waals surface area contributed by atoms with Gasteiger partial charge in [-0.2, -0.15) is 0 Å². The van der Waals surface area contributed by atoms with Gasteiger partial charge >= 0.3 is 0 Å². The summed E-state index contributed by atoms with van der Waals surface area (Å²) in [4.78, 5) is 11.4. The fourth-order valence-corrected chi connectivity index (χ4v) is 1.15. The molecule has 3 heteroatoms. The highest BCUT2D eigenvalue weighted by atomic mass is 16.1. The monoisotopic (exact) mass is 184 g/mol. The minimum Gasteiger partial charge on any atom is -0.356 e. The molecule has 0 aliphatic rings. The maximum absolute atomic E-state index is 11.4. The smallest absolute Gasteiger partial charge is 0.224 e. The Morgan fingerprint density at radius 1 is 1.69 bits per heavy atom. The van der Waals surface area contributed by atoms with Gasteiger partial charge in [-0.05, 0) is 12.8 Å². The van der Waals surface area contributed by atoms with Gasteiger partial charge < -0.3 is 11.1 Å². The lowest BCUT2D eigenvalue weighted by Crippen LogP contribution is -2.35. The molecule has 1 amide bonds. The van der Waals surface area contributed by atoms with E-state index in [1.54, 1.807) is 6.08 Å². The summed E-state index contributed by atoms with van der Waals surface area (Å²) in [5.41, 5.74) is 5.48. The number of nitrogens with two attached hydrogens (primary N) is 1. The van der Waals surface area contributed by atoms with E-state index in [1.807, 2.05) is 0 Å². The zero-order chi connectivity index (χ0) is 10.1. The molecule has 3 N–H and O–H groups in total. The first kappa shape index (κ1) is 12.2. The van der Waals surface area contributed by atoms with Gasteiger partial charge in [0.1, 0.15) is 0 Å². The van der Waals surface area contributed by atoms with Crippen LogP contribution in [0.25, 0.3) is 0 Å². The number of nitrogens with one attached hydrogen (secondary N) is 1. The molecule has 1 atom stereocenters. The van der Waals surface area contributed by atoms with Crippen LogP contribution in [-0.2, 0) is 4.79 Å². The van der Waals surface area contributed by atoms with Gasteiger partial charge in [-0.25, -0.2) is 0 Å². The molecule has 0 aliphatic carbocycles. The standard InChI is InChI=1S/C10H20N2O/c1-3-5-7-12-10(13)9(8-11)6-4-2/h3,9H,1,4-8,11H2,2H3,(H,12,13). The largest absolute Gasteiger partial charge is 0.356 e. The van der Waals surface area contributed by atoms with Gasteiger partial charge in [-0.15, -0.1) is 6.58 Å². The number of hydrogen-bond donors (Lipinski definition) is 2. The van der Waals surface area contributed by atoms with E-state index < -0.39 is 0 Å². The molecule has 0 aromatic rings. The van der Waals surface area contributed by atoms with Gasteiger partial charge in [-0.1, -0.05) is 19.4 Å². The van der Waals surface area contributed by atoms with Crippen LogP contribution in [0.5, 0.6) is 0 Å². The third kappa shape index (κ3) is 5.42. The molecular weight excluding hydrogens is 164 g/mol. The molecule has 0 aliphatic heterocycles. The van der Waals surface area contributed by atoms with Crippen molar-refractivity contribution in [2.45, 2.75) is 26.2 Å². The van der Waals surface area contributed by atoms with E-state index in [0.29, 0.717) is 13.1 Å². The van der Waals surface area contributed by atoms with Crippen LogP contribution in [0.4, 0.5) is 0 Å². The molecule has 0 fully saturated rings. The molecule has 0 spiro atoms. The van der Waals surface area contributed by atoms with Crippen molar-refractivity contribution in [1.29, 1.82) is 0 Å². The summed E-state index contributed by atoms with van der Waals surface area (Å²) >= 11 is 0. The van der Waals surface area contributed by atoms with Crippen molar-refractivity contribution in [2.75, 3.05) is 13.1 Å². The second-order valence-electron chi connectivity index (χ2n) is 3.09. The molecule has 13 heavy (non-hydrogen) atoms. The Bertz CT molecular complexity index is 157. The summed E-state index contributed by atoms with van der Waals surface area (Å²) in [5.74, 6) is 0.0565. The summed E-state index contributed by atoms with van der Waals surface area (Å²) < 4.78 is 0. The molecule has 1 unspecified atom stereocenters.